The minimum atomic E-state index is -3.18. The third kappa shape index (κ3) is 31.3. The maximum Gasteiger partial charge on any atom is 1.00 e. The standard InChI is InChI=1S/C16H26N2O4S.C12H16N2O.C4H10O3S.C3H6O.CH3O2S.Na/c1-6-18(7-2)14-8-9-15(12(3)10-14)17-16(19)22-13(4)11-23(5,20)21;1-4-14(5-2)11-6-7-12(13-9-15)10(3)8-11;1-4(5)3-8(2,6)7;1-3-2-4-3;1-4(2)3;/h8-10,13H,6-7,11H2,1-5H3,(H,17,19);6-8H,4-5H2,1-3H3;4-5H,3H2,1-2H3;3H,2H2,1H3;1H3;/q;;;;-1;+1. The summed E-state index contributed by atoms with van der Waals surface area (Å²) in [5.74, 6) is -0.340. The predicted molar refractivity (Wildman–Crippen MR) is 218 cm³/mol. The molecule has 1 fully saturated rings. The fourth-order valence-electron chi connectivity index (χ4n) is 4.49. The number of amides is 1. The van der Waals surface area contributed by atoms with Crippen LogP contribution in [-0.4, -0.2) is 115 Å². The molecule has 0 saturated carbocycles. The number of rotatable bonds is 13. The maximum atomic E-state index is 11.9. The zero-order chi connectivity index (χ0) is 42.2. The van der Waals surface area contributed by atoms with Crippen molar-refractivity contribution in [3.63, 3.8) is 0 Å². The summed E-state index contributed by atoms with van der Waals surface area (Å²) < 4.78 is 70.7. The van der Waals surface area contributed by atoms with Crippen LogP contribution in [0.25, 0.3) is 0 Å². The first-order valence-corrected chi connectivity index (χ1v) is 23.0. The second kappa shape index (κ2) is 29.7. The van der Waals surface area contributed by atoms with Crippen molar-refractivity contribution in [3.8, 4) is 0 Å². The van der Waals surface area contributed by atoms with Gasteiger partial charge in [-0.2, -0.15) is 4.99 Å². The summed E-state index contributed by atoms with van der Waals surface area (Å²) in [6.45, 7) is 22.1. The molecule has 1 aliphatic heterocycles. The number of carbonyl (C=O) groups is 1. The number of nitrogens with one attached hydrogen (secondary N) is 1. The summed E-state index contributed by atoms with van der Waals surface area (Å²) in [6.07, 6.45) is 3.35. The quantitative estimate of drug-likeness (QED) is 0.0978. The van der Waals surface area contributed by atoms with Crippen molar-refractivity contribution in [1.82, 2.24) is 0 Å². The van der Waals surface area contributed by atoms with Gasteiger partial charge >= 0.3 is 35.7 Å². The van der Waals surface area contributed by atoms with Crippen molar-refractivity contribution < 1.29 is 79.0 Å². The molecule has 0 bridgehead atoms. The van der Waals surface area contributed by atoms with Gasteiger partial charge in [-0.3, -0.25) is 5.32 Å². The number of aliphatic imine (C=N–C) groups is 1. The molecule has 2 aromatic carbocycles. The Labute approximate surface area is 353 Å². The van der Waals surface area contributed by atoms with Crippen molar-refractivity contribution in [2.45, 2.75) is 80.6 Å². The van der Waals surface area contributed by atoms with Crippen LogP contribution < -0.4 is 44.7 Å². The number of isocyanates is 1. The molecule has 0 aliphatic carbocycles. The van der Waals surface area contributed by atoms with E-state index in [-0.39, 0.29) is 41.1 Å². The Morgan fingerprint density at radius 2 is 1.33 bits per heavy atom. The van der Waals surface area contributed by atoms with Crippen molar-refractivity contribution in [2.75, 3.05) is 78.2 Å². The fourth-order valence-corrected chi connectivity index (χ4v) is 6.29. The van der Waals surface area contributed by atoms with Crippen LogP contribution in [0.15, 0.2) is 41.4 Å². The zero-order valence-electron chi connectivity index (χ0n) is 34.7. The summed E-state index contributed by atoms with van der Waals surface area (Å²) in [7, 11) is -8.02. The van der Waals surface area contributed by atoms with Crippen LogP contribution in [0.1, 0.15) is 59.6 Å². The topological polar surface area (TPSA) is 209 Å². The summed E-state index contributed by atoms with van der Waals surface area (Å²) in [5.41, 5.74) is 5.53. The van der Waals surface area contributed by atoms with E-state index < -0.39 is 48.7 Å². The van der Waals surface area contributed by atoms with Gasteiger partial charge in [0.05, 0.1) is 36.0 Å². The van der Waals surface area contributed by atoms with Crippen LogP contribution in [0.5, 0.6) is 0 Å². The second-order valence-electron chi connectivity index (χ2n) is 12.4. The van der Waals surface area contributed by atoms with Crippen LogP contribution in [-0.2, 0) is 53.1 Å². The number of hydrogen-bond donors (Lipinski definition) is 2. The molecule has 310 valence electrons. The normalized spacial score (nSPS) is 13.7. The first-order chi connectivity index (χ1) is 24.9. The molecule has 3 atom stereocenters. The number of carbonyl (C=O) groups excluding carboxylic acids is 2. The molecule has 0 aromatic heterocycles. The molecule has 1 saturated heterocycles. The van der Waals surface area contributed by atoms with Crippen LogP contribution in [0.4, 0.5) is 27.5 Å². The van der Waals surface area contributed by atoms with E-state index in [1.54, 1.807) is 13.0 Å². The van der Waals surface area contributed by atoms with Crippen molar-refractivity contribution >= 4 is 65.3 Å². The van der Waals surface area contributed by atoms with E-state index in [1.165, 1.54) is 12.6 Å². The number of anilines is 3. The summed E-state index contributed by atoms with van der Waals surface area (Å²) in [5, 5.41) is 11.2. The number of sulfone groups is 2. The Morgan fingerprint density at radius 3 is 1.62 bits per heavy atom. The Hall–Kier alpha value is -2.54. The van der Waals surface area contributed by atoms with Crippen LogP contribution in [0.3, 0.4) is 0 Å². The zero-order valence-corrected chi connectivity index (χ0v) is 39.2. The molecule has 15 nitrogen and oxygen atoms in total. The molecule has 55 heavy (non-hydrogen) atoms. The average Bonchev–Trinajstić information content (AvgIpc) is 3.81. The summed E-state index contributed by atoms with van der Waals surface area (Å²) in [4.78, 5) is 30.1. The van der Waals surface area contributed by atoms with Gasteiger partial charge in [0.1, 0.15) is 15.9 Å². The van der Waals surface area contributed by atoms with Gasteiger partial charge < -0.3 is 32.8 Å². The van der Waals surface area contributed by atoms with E-state index in [1.807, 2.05) is 50.2 Å². The van der Waals surface area contributed by atoms with Gasteiger partial charge in [0.2, 0.25) is 6.08 Å². The molecule has 1 amide bonds. The third-order valence-corrected chi connectivity index (χ3v) is 9.10. The number of ether oxygens (including phenoxy) is 2. The summed E-state index contributed by atoms with van der Waals surface area (Å²) in [6, 6.07) is 11.6. The molecular weight excluding hydrogens is 784 g/mol. The van der Waals surface area contributed by atoms with Crippen molar-refractivity contribution in [1.29, 1.82) is 0 Å². The van der Waals surface area contributed by atoms with Gasteiger partial charge in [-0.05, 0) is 110 Å². The molecule has 1 aliphatic rings. The molecule has 0 radical (unpaired) electrons. The molecule has 1 heterocycles. The Balaban J connectivity index is -0.000000718. The minimum absolute atomic E-state index is 0. The molecule has 2 aromatic rings. The Bertz CT molecular complexity index is 1750. The molecule has 19 heteroatoms. The largest absolute Gasteiger partial charge is 1.00 e. The van der Waals surface area contributed by atoms with E-state index in [0.717, 1.165) is 68.4 Å². The summed E-state index contributed by atoms with van der Waals surface area (Å²) >= 11 is 0. The number of aliphatic hydroxyl groups is 1. The van der Waals surface area contributed by atoms with E-state index in [4.69, 9.17) is 23.0 Å². The number of hydrogen-bond acceptors (Lipinski definition) is 15. The number of nitrogens with zero attached hydrogens (tertiary/aromatic N) is 3. The van der Waals surface area contributed by atoms with Crippen LogP contribution in [0.2, 0.25) is 0 Å². The number of aliphatic hydroxyl groups excluding tert-OH is 1. The van der Waals surface area contributed by atoms with Gasteiger partial charge in [-0.1, -0.05) is 17.0 Å². The SMILES string of the molecule is CC(O)CS(C)(=O)=O.CC1CO1.CCN(CC)c1ccc(N=C=O)c(C)c1.CCN(CC)c1ccc(NC(=O)OC(C)CS(C)(=O)=O)c(C)c1.C[S-](=O)=O.[Na+]. The van der Waals surface area contributed by atoms with Crippen molar-refractivity contribution in [2.24, 2.45) is 4.99 Å². The molecule has 2 N–H and O–H groups in total. The predicted octanol–water partition coefficient (Wildman–Crippen LogP) is 2.38. The van der Waals surface area contributed by atoms with E-state index in [9.17, 15) is 26.4 Å². The fraction of sp³-hybridized carbons (Fsp3) is 0.611. The Kier molecular flexibility index (Phi) is 30.6. The number of benzene rings is 2. The maximum absolute atomic E-state index is 11.9. The first kappa shape index (κ1) is 56.8. The second-order valence-corrected chi connectivity index (χ2v) is 17.6. The minimum Gasteiger partial charge on any atom is -0.445 e. The number of epoxide rings is 1. The van der Waals surface area contributed by atoms with Crippen LogP contribution in [0, 0.1) is 13.8 Å². The Morgan fingerprint density at radius 1 is 0.927 bits per heavy atom. The van der Waals surface area contributed by atoms with Crippen LogP contribution >= 0.6 is 0 Å². The van der Waals surface area contributed by atoms with E-state index >= 15 is 0 Å². The van der Waals surface area contributed by atoms with Crippen molar-refractivity contribution in [3.05, 3.63) is 47.5 Å². The van der Waals surface area contributed by atoms with E-state index in [2.05, 4.69) is 54.7 Å². The van der Waals surface area contributed by atoms with Gasteiger partial charge in [-0.25, -0.2) is 26.4 Å². The smallest absolute Gasteiger partial charge is 0.445 e. The molecular formula is C36H61N4NaO11S3. The first-order valence-electron chi connectivity index (χ1n) is 17.4. The van der Waals surface area contributed by atoms with Gasteiger partial charge in [0.25, 0.3) is 0 Å². The molecule has 3 rings (SSSR count). The third-order valence-electron chi connectivity index (χ3n) is 6.94. The monoisotopic (exact) mass is 844 g/mol. The number of aryl methyl sites for hydroxylation is 2. The van der Waals surface area contributed by atoms with Gasteiger partial charge in [0.15, 0.2) is 9.84 Å². The van der Waals surface area contributed by atoms with Gasteiger partial charge in [0, 0.05) is 55.8 Å². The average molecular weight is 845 g/mol. The molecule has 3 unspecified atom stereocenters. The molecule has 0 spiro atoms. The van der Waals surface area contributed by atoms with E-state index in [0.29, 0.717) is 17.5 Å². The van der Waals surface area contributed by atoms with Gasteiger partial charge in [-0.15, -0.1) is 0 Å².